The lowest BCUT2D eigenvalue weighted by Gasteiger charge is -2.17. The van der Waals surface area contributed by atoms with E-state index in [-0.39, 0.29) is 41.0 Å². The predicted molar refractivity (Wildman–Crippen MR) is 105 cm³/mol. The average molecular weight is 449 g/mol. The zero-order chi connectivity index (χ0) is 21.6. The SMILES string of the molecule is CC(C)C[C@H](CO)Oc1nc(NS(C)(=O)=O)nc(SCc2cccc(F)c2F)n1. The molecule has 0 fully saturated rings. The number of benzene rings is 1. The van der Waals surface area contributed by atoms with Gasteiger partial charge in [0.15, 0.2) is 16.8 Å². The Kier molecular flexibility index (Phi) is 8.11. The molecule has 0 saturated carbocycles. The second-order valence-corrected chi connectivity index (χ2v) is 9.34. The fourth-order valence-corrected chi connectivity index (χ4v) is 3.53. The van der Waals surface area contributed by atoms with Gasteiger partial charge in [-0.3, -0.25) is 4.72 Å². The molecule has 2 rings (SSSR count). The average Bonchev–Trinajstić information content (AvgIpc) is 2.60. The molecule has 1 atom stereocenters. The first kappa shape index (κ1) is 23.2. The number of nitrogens with zero attached hydrogens (tertiary/aromatic N) is 3. The van der Waals surface area contributed by atoms with E-state index < -0.39 is 27.8 Å². The Balaban J connectivity index is 2.27. The molecule has 160 valence electrons. The molecule has 0 spiro atoms. The van der Waals surface area contributed by atoms with Crippen LogP contribution in [0.5, 0.6) is 6.01 Å². The van der Waals surface area contributed by atoms with Gasteiger partial charge in [0.1, 0.15) is 6.10 Å². The quantitative estimate of drug-likeness (QED) is 0.533. The van der Waals surface area contributed by atoms with Crippen molar-refractivity contribution in [2.75, 3.05) is 17.6 Å². The molecule has 12 heteroatoms. The van der Waals surface area contributed by atoms with E-state index in [1.807, 2.05) is 13.8 Å². The van der Waals surface area contributed by atoms with Gasteiger partial charge in [0.25, 0.3) is 0 Å². The number of aliphatic hydroxyl groups is 1. The lowest BCUT2D eigenvalue weighted by atomic mass is 10.1. The molecule has 2 aromatic rings. The first-order valence-corrected chi connectivity index (χ1v) is 11.5. The summed E-state index contributed by atoms with van der Waals surface area (Å²) in [4.78, 5) is 12.0. The van der Waals surface area contributed by atoms with Crippen molar-refractivity contribution in [2.45, 2.75) is 37.3 Å². The van der Waals surface area contributed by atoms with Gasteiger partial charge in [0.2, 0.25) is 16.0 Å². The van der Waals surface area contributed by atoms with Crippen LogP contribution in [0.3, 0.4) is 0 Å². The summed E-state index contributed by atoms with van der Waals surface area (Å²) in [6, 6.07) is 3.62. The van der Waals surface area contributed by atoms with Crippen LogP contribution in [-0.4, -0.2) is 47.4 Å². The molecule has 0 amide bonds. The third-order valence-corrected chi connectivity index (χ3v) is 4.92. The lowest BCUT2D eigenvalue weighted by molar-refractivity contribution is 0.0886. The van der Waals surface area contributed by atoms with Crippen molar-refractivity contribution in [3.63, 3.8) is 0 Å². The number of ether oxygens (including phenoxy) is 1. The molecular weight excluding hydrogens is 426 g/mol. The fraction of sp³-hybridized carbons (Fsp3) is 0.471. The van der Waals surface area contributed by atoms with E-state index in [0.717, 1.165) is 24.1 Å². The number of anilines is 1. The minimum Gasteiger partial charge on any atom is -0.458 e. The Bertz CT molecular complexity index is 945. The molecule has 0 aliphatic rings. The van der Waals surface area contributed by atoms with E-state index in [1.54, 1.807) is 0 Å². The summed E-state index contributed by atoms with van der Waals surface area (Å²) in [5.74, 6) is -1.99. The largest absolute Gasteiger partial charge is 0.458 e. The van der Waals surface area contributed by atoms with Crippen LogP contribution in [0, 0.1) is 17.6 Å². The summed E-state index contributed by atoms with van der Waals surface area (Å²) in [6.45, 7) is 3.62. The maximum absolute atomic E-state index is 13.8. The Morgan fingerprint density at radius 2 is 1.97 bits per heavy atom. The van der Waals surface area contributed by atoms with Gasteiger partial charge in [0.05, 0.1) is 12.9 Å². The van der Waals surface area contributed by atoms with Crippen LogP contribution in [0.4, 0.5) is 14.7 Å². The maximum Gasteiger partial charge on any atom is 0.322 e. The van der Waals surface area contributed by atoms with E-state index in [1.165, 1.54) is 12.1 Å². The van der Waals surface area contributed by atoms with Crippen molar-refractivity contribution in [3.05, 3.63) is 35.4 Å². The van der Waals surface area contributed by atoms with Gasteiger partial charge >= 0.3 is 6.01 Å². The molecule has 8 nitrogen and oxygen atoms in total. The number of nitrogens with one attached hydrogen (secondary N) is 1. The molecule has 2 N–H and O–H groups in total. The third kappa shape index (κ3) is 7.71. The maximum atomic E-state index is 13.8. The van der Waals surface area contributed by atoms with Crippen molar-refractivity contribution in [3.8, 4) is 6.01 Å². The zero-order valence-electron chi connectivity index (χ0n) is 16.1. The number of aromatic nitrogens is 3. The molecule has 1 aromatic carbocycles. The van der Waals surface area contributed by atoms with Crippen LogP contribution >= 0.6 is 11.8 Å². The first-order chi connectivity index (χ1) is 13.6. The van der Waals surface area contributed by atoms with Gasteiger partial charge in [-0.25, -0.2) is 17.2 Å². The summed E-state index contributed by atoms with van der Waals surface area (Å²) >= 11 is 0.953. The molecule has 1 aromatic heterocycles. The van der Waals surface area contributed by atoms with Crippen LogP contribution in [0.1, 0.15) is 25.8 Å². The highest BCUT2D eigenvalue weighted by Gasteiger charge is 2.17. The molecule has 1 heterocycles. The number of aliphatic hydroxyl groups excluding tert-OH is 1. The second-order valence-electron chi connectivity index (χ2n) is 6.65. The molecule has 0 unspecified atom stereocenters. The van der Waals surface area contributed by atoms with Gasteiger partial charge < -0.3 is 9.84 Å². The normalized spacial score (nSPS) is 12.8. The Morgan fingerprint density at radius 3 is 2.59 bits per heavy atom. The number of hydrogen-bond acceptors (Lipinski definition) is 8. The molecule has 29 heavy (non-hydrogen) atoms. The number of sulfonamides is 1. The molecule has 0 saturated heterocycles. The topological polar surface area (TPSA) is 114 Å². The molecule has 0 aliphatic carbocycles. The van der Waals surface area contributed by atoms with E-state index >= 15 is 0 Å². The lowest BCUT2D eigenvalue weighted by Crippen LogP contribution is -2.24. The van der Waals surface area contributed by atoms with E-state index in [2.05, 4.69) is 19.7 Å². The molecule has 0 radical (unpaired) electrons. The second kappa shape index (κ2) is 10.1. The fourth-order valence-electron chi connectivity index (χ4n) is 2.30. The first-order valence-electron chi connectivity index (χ1n) is 8.64. The minimum absolute atomic E-state index is 0.000778. The monoisotopic (exact) mass is 448 g/mol. The number of rotatable bonds is 10. The van der Waals surface area contributed by atoms with Crippen molar-refractivity contribution in [2.24, 2.45) is 5.92 Å². The van der Waals surface area contributed by atoms with Gasteiger partial charge in [-0.1, -0.05) is 37.7 Å². The number of hydrogen-bond donors (Lipinski definition) is 2. The highest BCUT2D eigenvalue weighted by atomic mass is 32.2. The van der Waals surface area contributed by atoms with Crippen LogP contribution in [0.25, 0.3) is 0 Å². The standard InChI is InChI=1S/C17H22F2N4O4S2/c1-10(2)7-12(8-24)27-16-20-15(23-29(3,25)26)21-17(22-16)28-9-11-5-4-6-13(18)14(11)19/h4-6,10,12,24H,7-9H2,1-3H3,(H,20,21,22,23)/t12-/m1/s1. The minimum atomic E-state index is -3.67. The Morgan fingerprint density at radius 1 is 1.24 bits per heavy atom. The van der Waals surface area contributed by atoms with Crippen molar-refractivity contribution in [1.29, 1.82) is 0 Å². The third-order valence-electron chi connectivity index (χ3n) is 3.47. The van der Waals surface area contributed by atoms with Gasteiger partial charge in [0, 0.05) is 11.3 Å². The zero-order valence-corrected chi connectivity index (χ0v) is 17.7. The summed E-state index contributed by atoms with van der Waals surface area (Å²) in [5, 5.41) is 9.53. The van der Waals surface area contributed by atoms with Gasteiger partial charge in [-0.2, -0.15) is 15.0 Å². The Labute approximate surface area is 172 Å². The van der Waals surface area contributed by atoms with E-state index in [0.29, 0.717) is 6.42 Å². The van der Waals surface area contributed by atoms with Crippen molar-refractivity contribution in [1.82, 2.24) is 15.0 Å². The highest BCUT2D eigenvalue weighted by Crippen LogP contribution is 2.25. The summed E-state index contributed by atoms with van der Waals surface area (Å²) in [7, 11) is -3.67. The highest BCUT2D eigenvalue weighted by molar-refractivity contribution is 7.98. The number of thioether (sulfide) groups is 1. The molecule has 0 aliphatic heterocycles. The van der Waals surface area contributed by atoms with Crippen LogP contribution in [0.2, 0.25) is 0 Å². The predicted octanol–water partition coefficient (Wildman–Crippen LogP) is 2.60. The smallest absolute Gasteiger partial charge is 0.322 e. The van der Waals surface area contributed by atoms with E-state index in [9.17, 15) is 22.3 Å². The summed E-state index contributed by atoms with van der Waals surface area (Å²) in [6.07, 6.45) is 0.859. The Hall–Kier alpha value is -2.05. The van der Waals surface area contributed by atoms with Crippen LogP contribution < -0.4 is 9.46 Å². The van der Waals surface area contributed by atoms with Crippen LogP contribution in [-0.2, 0) is 15.8 Å². The summed E-state index contributed by atoms with van der Waals surface area (Å²) < 4.78 is 57.9. The van der Waals surface area contributed by atoms with Crippen molar-refractivity contribution >= 4 is 27.7 Å². The summed E-state index contributed by atoms with van der Waals surface area (Å²) in [5.41, 5.74) is 0.101. The van der Waals surface area contributed by atoms with E-state index in [4.69, 9.17) is 4.74 Å². The molecular formula is C17H22F2N4O4S2. The van der Waals surface area contributed by atoms with Gasteiger partial charge in [-0.15, -0.1) is 0 Å². The van der Waals surface area contributed by atoms with Gasteiger partial charge in [-0.05, 0) is 18.4 Å². The van der Waals surface area contributed by atoms with Crippen molar-refractivity contribution < 1.29 is 27.0 Å². The van der Waals surface area contributed by atoms with Crippen LogP contribution in [0.15, 0.2) is 23.4 Å². The molecule has 0 bridgehead atoms. The number of halogens is 2.